The number of carbonyl (C=O) groups excluding carboxylic acids is 1. The zero-order valence-electron chi connectivity index (χ0n) is 22.6. The minimum absolute atomic E-state index is 0.171. The van der Waals surface area contributed by atoms with Crippen molar-refractivity contribution in [2.24, 2.45) is 0 Å². The minimum Gasteiger partial charge on any atom is -0.357 e. The lowest BCUT2D eigenvalue weighted by molar-refractivity contribution is 0.102. The Morgan fingerprint density at radius 3 is 2.33 bits per heavy atom. The molecule has 2 aliphatic rings. The smallest absolute Gasteiger partial charge is 0.255 e. The Kier molecular flexibility index (Phi) is 8.25. The quantitative estimate of drug-likeness (QED) is 0.411. The van der Waals surface area contributed by atoms with Crippen molar-refractivity contribution in [1.29, 1.82) is 0 Å². The summed E-state index contributed by atoms with van der Waals surface area (Å²) in [4.78, 5) is 26.1. The number of piperazine rings is 1. The first-order valence-electron chi connectivity index (χ1n) is 13.6. The summed E-state index contributed by atoms with van der Waals surface area (Å²) < 4.78 is 26.2. The largest absolute Gasteiger partial charge is 0.357 e. The van der Waals surface area contributed by atoms with Gasteiger partial charge in [0.25, 0.3) is 5.91 Å². The average molecular weight is 549 g/mol. The van der Waals surface area contributed by atoms with Crippen molar-refractivity contribution in [2.75, 3.05) is 49.2 Å². The van der Waals surface area contributed by atoms with Crippen LogP contribution in [0.4, 0.5) is 11.5 Å². The van der Waals surface area contributed by atoms with E-state index in [9.17, 15) is 13.2 Å². The zero-order valence-corrected chi connectivity index (χ0v) is 23.4. The Labute approximate surface area is 230 Å². The molecule has 1 saturated carbocycles. The molecule has 0 bridgehead atoms. The van der Waals surface area contributed by atoms with Crippen LogP contribution in [0.5, 0.6) is 0 Å². The molecular formula is C29H36N6O3S. The summed E-state index contributed by atoms with van der Waals surface area (Å²) in [5, 5.41) is 2.97. The highest BCUT2D eigenvalue weighted by Crippen LogP contribution is 2.30. The molecule has 2 fully saturated rings. The monoisotopic (exact) mass is 548 g/mol. The summed E-state index contributed by atoms with van der Waals surface area (Å²) in [5.74, 6) is 0.955. The van der Waals surface area contributed by atoms with Gasteiger partial charge in [-0.2, -0.15) is 4.31 Å². The zero-order chi connectivity index (χ0) is 27.4. The number of carbonyl (C=O) groups is 1. The molecule has 206 valence electrons. The van der Waals surface area contributed by atoms with Gasteiger partial charge in [-0.1, -0.05) is 31.2 Å². The standard InChI is InChI=1S/C29H36N6O3S/c1-3-18-39(37,38)35-16-14-34(15-17-35)20-22-4-10-25(11-5-22)32-29(36)24-8-6-23(7-9-24)27-19-28(31-21-30-27)33(2)26-12-13-26/h4-11,19,21,26H,3,12-18,20H2,1-2H3,(H,32,36). The van der Waals surface area contributed by atoms with Gasteiger partial charge >= 0.3 is 0 Å². The number of nitrogens with zero attached hydrogens (tertiary/aromatic N) is 5. The van der Waals surface area contributed by atoms with Crippen LogP contribution < -0.4 is 10.2 Å². The number of nitrogens with one attached hydrogen (secondary N) is 1. The van der Waals surface area contributed by atoms with Gasteiger partial charge in [0.1, 0.15) is 12.1 Å². The molecule has 1 N–H and O–H groups in total. The lowest BCUT2D eigenvalue weighted by Gasteiger charge is -2.34. The topological polar surface area (TPSA) is 98.7 Å². The Balaban J connectivity index is 1.14. The molecule has 9 nitrogen and oxygen atoms in total. The molecule has 5 rings (SSSR count). The second kappa shape index (κ2) is 11.8. The van der Waals surface area contributed by atoms with Crippen LogP contribution in [0, 0.1) is 0 Å². The number of hydrogen-bond donors (Lipinski definition) is 1. The van der Waals surface area contributed by atoms with E-state index in [4.69, 9.17) is 0 Å². The third kappa shape index (κ3) is 6.81. The second-order valence-corrected chi connectivity index (χ2v) is 12.4. The summed E-state index contributed by atoms with van der Waals surface area (Å²) in [7, 11) is -1.07. The van der Waals surface area contributed by atoms with Crippen molar-refractivity contribution in [2.45, 2.75) is 38.8 Å². The molecule has 0 atom stereocenters. The highest BCUT2D eigenvalue weighted by atomic mass is 32.2. The van der Waals surface area contributed by atoms with E-state index in [0.717, 1.165) is 34.9 Å². The minimum atomic E-state index is -3.13. The molecule has 0 radical (unpaired) electrons. The summed E-state index contributed by atoms with van der Waals surface area (Å²) in [6.45, 7) is 5.13. The fraction of sp³-hybridized carbons (Fsp3) is 0.414. The van der Waals surface area contributed by atoms with Gasteiger partial charge in [-0.15, -0.1) is 0 Å². The van der Waals surface area contributed by atoms with Gasteiger partial charge in [0.15, 0.2) is 0 Å². The molecule has 2 heterocycles. The van der Waals surface area contributed by atoms with Crippen LogP contribution in [-0.4, -0.2) is 78.5 Å². The highest BCUT2D eigenvalue weighted by molar-refractivity contribution is 7.89. The molecule has 2 aromatic carbocycles. The van der Waals surface area contributed by atoms with Crippen molar-refractivity contribution < 1.29 is 13.2 Å². The van der Waals surface area contributed by atoms with Gasteiger partial charge in [-0.25, -0.2) is 18.4 Å². The number of sulfonamides is 1. The third-order valence-corrected chi connectivity index (χ3v) is 9.43. The second-order valence-electron chi connectivity index (χ2n) is 10.3. The van der Waals surface area contributed by atoms with Crippen molar-refractivity contribution in [3.05, 3.63) is 72.1 Å². The van der Waals surface area contributed by atoms with Crippen LogP contribution in [0.2, 0.25) is 0 Å². The van der Waals surface area contributed by atoms with Crippen LogP contribution in [0.25, 0.3) is 11.3 Å². The number of anilines is 2. The number of benzene rings is 2. The molecule has 0 spiro atoms. The summed E-state index contributed by atoms with van der Waals surface area (Å²) in [6, 6.07) is 17.8. The number of hydrogen-bond acceptors (Lipinski definition) is 7. The first kappa shape index (κ1) is 27.2. The average Bonchev–Trinajstić information content (AvgIpc) is 3.80. The maximum atomic E-state index is 12.8. The molecule has 1 aliphatic heterocycles. The lowest BCUT2D eigenvalue weighted by Crippen LogP contribution is -2.48. The van der Waals surface area contributed by atoms with E-state index in [1.54, 1.807) is 10.6 Å². The van der Waals surface area contributed by atoms with Gasteiger partial charge in [-0.05, 0) is 49.1 Å². The molecule has 1 amide bonds. The van der Waals surface area contributed by atoms with E-state index >= 15 is 0 Å². The molecule has 3 aromatic rings. The molecule has 1 saturated heterocycles. The normalized spacial score (nSPS) is 16.7. The van der Waals surface area contributed by atoms with Crippen molar-refractivity contribution >= 4 is 27.4 Å². The van der Waals surface area contributed by atoms with E-state index in [-0.39, 0.29) is 11.7 Å². The highest BCUT2D eigenvalue weighted by Gasteiger charge is 2.27. The van der Waals surface area contributed by atoms with E-state index in [1.165, 1.54) is 12.8 Å². The predicted octanol–water partition coefficient (Wildman–Crippen LogP) is 3.85. The molecular weight excluding hydrogens is 512 g/mol. The first-order chi connectivity index (χ1) is 18.8. The van der Waals surface area contributed by atoms with Crippen LogP contribution in [-0.2, 0) is 16.6 Å². The number of amides is 1. The van der Waals surface area contributed by atoms with E-state index in [1.807, 2.05) is 61.5 Å². The molecule has 0 unspecified atom stereocenters. The Bertz CT molecular complexity index is 1380. The van der Waals surface area contributed by atoms with E-state index in [2.05, 4.69) is 32.1 Å². The van der Waals surface area contributed by atoms with Crippen LogP contribution >= 0.6 is 0 Å². The van der Waals surface area contributed by atoms with E-state index in [0.29, 0.717) is 44.2 Å². The third-order valence-electron chi connectivity index (χ3n) is 7.36. The van der Waals surface area contributed by atoms with E-state index < -0.39 is 10.0 Å². The number of aromatic nitrogens is 2. The maximum absolute atomic E-state index is 12.8. The number of rotatable bonds is 10. The fourth-order valence-electron chi connectivity index (χ4n) is 4.85. The first-order valence-corrected chi connectivity index (χ1v) is 15.2. The van der Waals surface area contributed by atoms with Crippen molar-refractivity contribution in [3.63, 3.8) is 0 Å². The van der Waals surface area contributed by atoms with Crippen LogP contribution in [0.3, 0.4) is 0 Å². The van der Waals surface area contributed by atoms with Crippen LogP contribution in [0.1, 0.15) is 42.1 Å². The Morgan fingerprint density at radius 2 is 1.69 bits per heavy atom. The molecule has 10 heteroatoms. The maximum Gasteiger partial charge on any atom is 0.255 e. The summed E-state index contributed by atoms with van der Waals surface area (Å²) in [6.07, 6.45) is 4.63. The van der Waals surface area contributed by atoms with Gasteiger partial charge in [0.2, 0.25) is 10.0 Å². The molecule has 1 aliphatic carbocycles. The Morgan fingerprint density at radius 1 is 1.00 bits per heavy atom. The SMILES string of the molecule is CCCS(=O)(=O)N1CCN(Cc2ccc(NC(=O)c3ccc(-c4cc(N(C)C5CC5)ncn4)cc3)cc2)CC1. The molecule has 39 heavy (non-hydrogen) atoms. The van der Waals surface area contributed by atoms with Gasteiger partial charge < -0.3 is 10.2 Å². The fourth-order valence-corrected chi connectivity index (χ4v) is 6.34. The Hall–Kier alpha value is -3.34. The predicted molar refractivity (Wildman–Crippen MR) is 154 cm³/mol. The van der Waals surface area contributed by atoms with Crippen LogP contribution in [0.15, 0.2) is 60.9 Å². The summed E-state index contributed by atoms with van der Waals surface area (Å²) >= 11 is 0. The van der Waals surface area contributed by atoms with Crippen molar-refractivity contribution in [1.82, 2.24) is 19.2 Å². The summed E-state index contributed by atoms with van der Waals surface area (Å²) in [5.41, 5.74) is 4.19. The van der Waals surface area contributed by atoms with Gasteiger partial charge in [-0.3, -0.25) is 9.69 Å². The van der Waals surface area contributed by atoms with Crippen molar-refractivity contribution in [3.8, 4) is 11.3 Å². The lowest BCUT2D eigenvalue weighted by atomic mass is 10.1. The molecule has 1 aromatic heterocycles. The van der Waals surface area contributed by atoms with Gasteiger partial charge in [0, 0.05) is 68.7 Å². The van der Waals surface area contributed by atoms with Gasteiger partial charge in [0.05, 0.1) is 11.4 Å².